The Kier molecular flexibility index (Phi) is 4.11. The number of aromatic amines is 1. The lowest BCUT2D eigenvalue weighted by atomic mass is 10.1. The second-order valence-electron chi connectivity index (χ2n) is 4.33. The molecule has 0 saturated heterocycles. The number of amides is 1. The molecule has 2 aromatic rings. The van der Waals surface area contributed by atoms with Gasteiger partial charge in [-0.05, 0) is 25.1 Å². The number of H-pyrrole nitrogens is 1. The number of carbonyl (C=O) groups excluding carboxylic acids is 1. The second-order valence-corrected chi connectivity index (χ2v) is 4.33. The van der Waals surface area contributed by atoms with Crippen molar-refractivity contribution in [2.45, 2.75) is 19.5 Å². The average Bonchev–Trinajstić information content (AvgIpc) is 2.84. The summed E-state index contributed by atoms with van der Waals surface area (Å²) in [6.07, 6.45) is -8.06. The van der Waals surface area contributed by atoms with Crippen molar-refractivity contribution in [3.8, 4) is 11.4 Å². The highest BCUT2D eigenvalue weighted by Gasteiger charge is 2.32. The van der Waals surface area contributed by atoms with Crippen molar-refractivity contribution in [2.75, 3.05) is 5.32 Å². The van der Waals surface area contributed by atoms with E-state index in [0.29, 0.717) is 11.9 Å². The van der Waals surface area contributed by atoms with Gasteiger partial charge in [-0.25, -0.2) is 4.98 Å². The number of alkyl halides is 5. The number of nitrogens with zero attached hydrogens (tertiary/aromatic N) is 2. The zero-order chi connectivity index (χ0) is 16.5. The van der Waals surface area contributed by atoms with Gasteiger partial charge in [0.15, 0.2) is 5.82 Å². The molecule has 2 N–H and O–H groups in total. The Morgan fingerprint density at radius 2 is 1.95 bits per heavy atom. The van der Waals surface area contributed by atoms with Crippen LogP contribution in [0, 0.1) is 6.92 Å². The summed E-state index contributed by atoms with van der Waals surface area (Å²) in [7, 11) is 0. The Bertz CT molecular complexity index is 695. The summed E-state index contributed by atoms with van der Waals surface area (Å²) in [6.45, 7) is 1.55. The van der Waals surface area contributed by atoms with Crippen LogP contribution in [0.5, 0.6) is 0 Å². The maximum absolute atomic E-state index is 12.9. The number of halogens is 5. The molecular formula is C12H9F5N4O. The maximum atomic E-state index is 12.9. The molecule has 5 nitrogen and oxygen atoms in total. The van der Waals surface area contributed by atoms with Gasteiger partial charge in [-0.1, -0.05) is 0 Å². The summed E-state index contributed by atoms with van der Waals surface area (Å²) in [5.41, 5.74) is -1.60. The third kappa shape index (κ3) is 3.57. The van der Waals surface area contributed by atoms with E-state index in [4.69, 9.17) is 0 Å². The van der Waals surface area contributed by atoms with Crippen LogP contribution in [0.2, 0.25) is 0 Å². The second kappa shape index (κ2) is 5.70. The van der Waals surface area contributed by atoms with Crippen LogP contribution in [0.1, 0.15) is 11.4 Å². The molecule has 1 aromatic heterocycles. The Morgan fingerprint density at radius 3 is 2.45 bits per heavy atom. The summed E-state index contributed by atoms with van der Waals surface area (Å²) in [4.78, 5) is 14.8. The van der Waals surface area contributed by atoms with Gasteiger partial charge in [0.2, 0.25) is 0 Å². The molecule has 0 atom stereocenters. The predicted molar refractivity (Wildman–Crippen MR) is 66.2 cm³/mol. The number of rotatable bonds is 3. The molecule has 0 fully saturated rings. The van der Waals surface area contributed by atoms with E-state index >= 15 is 0 Å². The van der Waals surface area contributed by atoms with E-state index in [9.17, 15) is 26.7 Å². The third-order valence-corrected chi connectivity index (χ3v) is 2.58. The van der Waals surface area contributed by atoms with Crippen molar-refractivity contribution in [1.29, 1.82) is 0 Å². The van der Waals surface area contributed by atoms with Crippen LogP contribution >= 0.6 is 0 Å². The lowest BCUT2D eigenvalue weighted by Gasteiger charge is -2.12. The first-order chi connectivity index (χ1) is 10.2. The molecule has 1 aromatic carbocycles. The quantitative estimate of drug-likeness (QED) is 0.854. The standard InChI is InChI=1S/C12H9F5N4O/c1-5-18-10(21-20-5)6-2-7(12(15,16)17)4-8(3-6)19-11(22)9(13)14/h2-4,9H,1H3,(H,19,22)(H,18,20,21). The van der Waals surface area contributed by atoms with Crippen molar-refractivity contribution >= 4 is 11.6 Å². The molecule has 0 spiro atoms. The number of nitrogens with one attached hydrogen (secondary N) is 2. The highest BCUT2D eigenvalue weighted by Crippen LogP contribution is 2.34. The van der Waals surface area contributed by atoms with Crippen LogP contribution in [-0.2, 0) is 11.0 Å². The van der Waals surface area contributed by atoms with Gasteiger partial charge >= 0.3 is 12.6 Å². The van der Waals surface area contributed by atoms with E-state index in [1.54, 1.807) is 12.2 Å². The van der Waals surface area contributed by atoms with Crippen molar-refractivity contribution in [2.24, 2.45) is 0 Å². The van der Waals surface area contributed by atoms with Crippen LogP contribution in [0.15, 0.2) is 18.2 Å². The van der Waals surface area contributed by atoms with Crippen LogP contribution in [0.4, 0.5) is 27.6 Å². The Balaban J connectivity index is 2.48. The molecule has 2 rings (SSSR count). The number of aryl methyl sites for hydroxylation is 1. The third-order valence-electron chi connectivity index (χ3n) is 2.58. The molecule has 0 saturated carbocycles. The monoisotopic (exact) mass is 320 g/mol. The van der Waals surface area contributed by atoms with Gasteiger partial charge in [-0.3, -0.25) is 9.89 Å². The van der Waals surface area contributed by atoms with Gasteiger partial charge in [-0.15, -0.1) is 0 Å². The van der Waals surface area contributed by atoms with Crippen LogP contribution in [-0.4, -0.2) is 27.5 Å². The SMILES string of the molecule is Cc1nc(-c2cc(NC(=O)C(F)F)cc(C(F)(F)F)c2)n[nH]1. The maximum Gasteiger partial charge on any atom is 0.416 e. The van der Waals surface area contributed by atoms with Crippen molar-refractivity contribution in [1.82, 2.24) is 15.2 Å². The van der Waals surface area contributed by atoms with E-state index in [1.165, 1.54) is 0 Å². The number of carbonyl (C=O) groups is 1. The molecule has 10 heteroatoms. The lowest BCUT2D eigenvalue weighted by Crippen LogP contribution is -2.20. The summed E-state index contributed by atoms with van der Waals surface area (Å²) in [5, 5.41) is 7.87. The van der Waals surface area contributed by atoms with Crippen molar-refractivity contribution in [3.63, 3.8) is 0 Å². The van der Waals surface area contributed by atoms with Gasteiger partial charge in [0.05, 0.1) is 5.56 Å². The number of benzene rings is 1. The van der Waals surface area contributed by atoms with Crippen molar-refractivity contribution in [3.05, 3.63) is 29.6 Å². The number of hydrogen-bond acceptors (Lipinski definition) is 3. The lowest BCUT2D eigenvalue weighted by molar-refractivity contribution is -0.137. The van der Waals surface area contributed by atoms with Gasteiger partial charge in [0, 0.05) is 11.3 Å². The normalized spacial score (nSPS) is 11.8. The van der Waals surface area contributed by atoms with Gasteiger partial charge in [0.1, 0.15) is 5.82 Å². The fourth-order valence-corrected chi connectivity index (χ4v) is 1.66. The molecule has 0 radical (unpaired) electrons. The van der Waals surface area contributed by atoms with E-state index in [-0.39, 0.29) is 11.4 Å². The topological polar surface area (TPSA) is 70.7 Å². The fraction of sp³-hybridized carbons (Fsp3) is 0.250. The van der Waals surface area contributed by atoms with Crippen molar-refractivity contribution < 1.29 is 26.7 Å². The highest BCUT2D eigenvalue weighted by molar-refractivity contribution is 5.93. The van der Waals surface area contributed by atoms with E-state index in [0.717, 1.165) is 12.1 Å². The number of anilines is 1. The molecule has 1 amide bonds. The zero-order valence-electron chi connectivity index (χ0n) is 11.0. The Hall–Kier alpha value is -2.52. The largest absolute Gasteiger partial charge is 0.416 e. The van der Waals surface area contributed by atoms with E-state index in [1.807, 2.05) is 0 Å². The van der Waals surface area contributed by atoms with Crippen LogP contribution in [0.25, 0.3) is 11.4 Å². The smallest absolute Gasteiger partial charge is 0.321 e. The van der Waals surface area contributed by atoms with E-state index in [2.05, 4.69) is 15.2 Å². The van der Waals surface area contributed by atoms with Gasteiger partial charge in [-0.2, -0.15) is 27.1 Å². The first-order valence-corrected chi connectivity index (χ1v) is 5.87. The molecule has 0 aliphatic carbocycles. The molecule has 0 unspecified atom stereocenters. The minimum Gasteiger partial charge on any atom is -0.321 e. The van der Waals surface area contributed by atoms with Crippen LogP contribution in [0.3, 0.4) is 0 Å². The summed E-state index contributed by atoms with van der Waals surface area (Å²) < 4.78 is 63.0. The average molecular weight is 320 g/mol. The minimum atomic E-state index is -4.72. The number of hydrogen-bond donors (Lipinski definition) is 2. The Morgan fingerprint density at radius 1 is 1.27 bits per heavy atom. The summed E-state index contributed by atoms with van der Waals surface area (Å²) >= 11 is 0. The molecule has 0 bridgehead atoms. The minimum absolute atomic E-state index is 0.0452. The molecule has 1 heterocycles. The molecular weight excluding hydrogens is 311 g/mol. The molecule has 22 heavy (non-hydrogen) atoms. The summed E-state index contributed by atoms with van der Waals surface area (Å²) in [6, 6.07) is 2.40. The first-order valence-electron chi connectivity index (χ1n) is 5.87. The first kappa shape index (κ1) is 15.9. The predicted octanol–water partition coefficient (Wildman–Crippen LogP) is 3.00. The van der Waals surface area contributed by atoms with Gasteiger partial charge < -0.3 is 5.32 Å². The van der Waals surface area contributed by atoms with Crippen LogP contribution < -0.4 is 5.32 Å². The fourth-order valence-electron chi connectivity index (χ4n) is 1.66. The number of aromatic nitrogens is 3. The van der Waals surface area contributed by atoms with Gasteiger partial charge in [0.25, 0.3) is 5.91 Å². The molecule has 118 valence electrons. The van der Waals surface area contributed by atoms with E-state index < -0.39 is 29.8 Å². The zero-order valence-corrected chi connectivity index (χ0v) is 11.0. The highest BCUT2D eigenvalue weighted by atomic mass is 19.4. The summed E-state index contributed by atoms with van der Waals surface area (Å²) in [5.74, 6) is -1.38. The Labute approximate surface area is 120 Å². The molecule has 0 aliphatic heterocycles. The molecule has 0 aliphatic rings.